The van der Waals surface area contributed by atoms with Crippen molar-refractivity contribution in [1.29, 1.82) is 0 Å². The minimum absolute atomic E-state index is 0.0590. The lowest BCUT2D eigenvalue weighted by molar-refractivity contribution is -0.117. The molecule has 2 N–H and O–H groups in total. The van der Waals surface area contributed by atoms with Crippen LogP contribution in [0.1, 0.15) is 24.0 Å². The fourth-order valence-corrected chi connectivity index (χ4v) is 3.89. The molecule has 5 rings (SSSR count). The minimum Gasteiger partial charge on any atom is -0.494 e. The largest absolute Gasteiger partial charge is 0.494 e. The van der Waals surface area contributed by atoms with Gasteiger partial charge in [-0.2, -0.15) is 13.9 Å². The Bertz CT molecular complexity index is 1400. The predicted molar refractivity (Wildman–Crippen MR) is 131 cm³/mol. The summed E-state index contributed by atoms with van der Waals surface area (Å²) < 4.78 is 38.6. The summed E-state index contributed by atoms with van der Waals surface area (Å²) in [6.07, 6.45) is 4.28. The molecule has 0 saturated heterocycles. The molecule has 8 nitrogen and oxygen atoms in total. The SMILES string of the molecule is COc1c(Nc2cc(NC(=O)C3CC3)ncc2C(F)(F)c2ccccc2)cccc1-c1ncn(C)n1. The number of carbonyl (C=O) groups is 1. The van der Waals surface area contributed by atoms with Gasteiger partial charge in [-0.1, -0.05) is 36.4 Å². The molecule has 1 fully saturated rings. The number of para-hydroxylation sites is 1. The fourth-order valence-electron chi connectivity index (χ4n) is 3.89. The molecular weight excluding hydrogens is 466 g/mol. The van der Waals surface area contributed by atoms with Crippen LogP contribution >= 0.6 is 0 Å². The molecule has 10 heteroatoms. The van der Waals surface area contributed by atoms with E-state index >= 15 is 8.78 Å². The van der Waals surface area contributed by atoms with E-state index in [1.165, 1.54) is 25.3 Å². The van der Waals surface area contributed by atoms with E-state index in [1.807, 2.05) is 0 Å². The van der Waals surface area contributed by atoms with Gasteiger partial charge in [0.05, 0.1) is 29.6 Å². The number of carbonyl (C=O) groups excluding carboxylic acids is 1. The molecule has 0 atom stereocenters. The van der Waals surface area contributed by atoms with Crippen molar-refractivity contribution in [1.82, 2.24) is 19.7 Å². The van der Waals surface area contributed by atoms with E-state index in [-0.39, 0.29) is 34.5 Å². The van der Waals surface area contributed by atoms with Crippen molar-refractivity contribution in [2.24, 2.45) is 13.0 Å². The second-order valence-electron chi connectivity index (χ2n) is 8.57. The van der Waals surface area contributed by atoms with Crippen molar-refractivity contribution in [3.63, 3.8) is 0 Å². The number of halogens is 2. The molecule has 2 aromatic heterocycles. The van der Waals surface area contributed by atoms with Gasteiger partial charge in [-0.25, -0.2) is 9.97 Å². The third-order valence-electron chi connectivity index (χ3n) is 5.91. The molecule has 4 aromatic rings. The van der Waals surface area contributed by atoms with Gasteiger partial charge in [0.15, 0.2) is 11.6 Å². The van der Waals surface area contributed by atoms with E-state index in [9.17, 15) is 4.79 Å². The van der Waals surface area contributed by atoms with Crippen LogP contribution in [0.25, 0.3) is 11.4 Å². The van der Waals surface area contributed by atoms with Gasteiger partial charge < -0.3 is 15.4 Å². The molecule has 0 bridgehead atoms. The zero-order valence-electron chi connectivity index (χ0n) is 19.7. The van der Waals surface area contributed by atoms with Gasteiger partial charge in [-0.3, -0.25) is 9.48 Å². The second kappa shape index (κ2) is 9.37. The number of hydrogen-bond acceptors (Lipinski definition) is 6. The van der Waals surface area contributed by atoms with Crippen LogP contribution in [0.3, 0.4) is 0 Å². The van der Waals surface area contributed by atoms with Crippen LogP contribution < -0.4 is 15.4 Å². The van der Waals surface area contributed by atoms with Gasteiger partial charge in [0.1, 0.15) is 12.1 Å². The highest BCUT2D eigenvalue weighted by Gasteiger charge is 2.37. The Morgan fingerprint density at radius 1 is 1.08 bits per heavy atom. The normalized spacial score (nSPS) is 13.3. The number of alkyl halides is 2. The molecular formula is C26H24F2N6O2. The lowest BCUT2D eigenvalue weighted by Crippen LogP contribution is -2.19. The number of aromatic nitrogens is 4. The smallest absolute Gasteiger partial charge is 0.301 e. The molecule has 1 amide bonds. The van der Waals surface area contributed by atoms with E-state index in [4.69, 9.17) is 4.74 Å². The summed E-state index contributed by atoms with van der Waals surface area (Å²) in [7, 11) is 3.23. The third kappa shape index (κ3) is 4.61. The van der Waals surface area contributed by atoms with Gasteiger partial charge in [0.2, 0.25) is 5.91 Å². The first-order valence-corrected chi connectivity index (χ1v) is 11.4. The monoisotopic (exact) mass is 490 g/mol. The number of nitrogens with zero attached hydrogens (tertiary/aromatic N) is 4. The number of amides is 1. The lowest BCUT2D eigenvalue weighted by Gasteiger charge is -2.22. The summed E-state index contributed by atoms with van der Waals surface area (Å²) in [5.74, 6) is -2.59. The van der Waals surface area contributed by atoms with Crippen LogP contribution in [0.15, 0.2) is 67.1 Å². The van der Waals surface area contributed by atoms with Gasteiger partial charge in [-0.15, -0.1) is 0 Å². The first kappa shape index (κ1) is 23.4. The van der Waals surface area contributed by atoms with E-state index in [0.717, 1.165) is 19.0 Å². The van der Waals surface area contributed by atoms with Gasteiger partial charge >= 0.3 is 5.92 Å². The quantitative estimate of drug-likeness (QED) is 0.356. The zero-order valence-corrected chi connectivity index (χ0v) is 19.7. The lowest BCUT2D eigenvalue weighted by atomic mass is 10.00. The highest BCUT2D eigenvalue weighted by Crippen LogP contribution is 2.43. The molecule has 0 unspecified atom stereocenters. The van der Waals surface area contributed by atoms with Crippen molar-refractivity contribution in [2.45, 2.75) is 18.8 Å². The molecule has 36 heavy (non-hydrogen) atoms. The molecule has 2 aromatic carbocycles. The second-order valence-corrected chi connectivity index (χ2v) is 8.57. The summed E-state index contributed by atoms with van der Waals surface area (Å²) in [5, 5.41) is 10.1. The number of ether oxygens (including phenoxy) is 1. The summed E-state index contributed by atoms with van der Waals surface area (Å²) in [6, 6.07) is 14.2. The maximum atomic E-state index is 15.7. The maximum absolute atomic E-state index is 15.7. The standard InChI is InChI=1S/C26H24F2N6O2/c1-34-15-30-24(33-34)18-9-6-10-20(23(18)36-2)31-21-13-22(32-25(35)16-11-12-16)29-14-19(21)26(27,28)17-7-4-3-5-8-17/h3-10,13-16H,11-12H2,1-2H3,(H2,29,31,32,35). The highest BCUT2D eigenvalue weighted by molar-refractivity contribution is 5.94. The number of aryl methyl sites for hydroxylation is 1. The number of anilines is 3. The number of benzene rings is 2. The van der Waals surface area contributed by atoms with Crippen LogP contribution in [0.4, 0.5) is 26.0 Å². The van der Waals surface area contributed by atoms with E-state index < -0.39 is 5.92 Å². The topological polar surface area (TPSA) is 94.0 Å². The Kier molecular flexibility index (Phi) is 6.09. The Balaban J connectivity index is 1.58. The Labute approximate surface area is 206 Å². The molecule has 0 spiro atoms. The maximum Gasteiger partial charge on any atom is 0.301 e. The van der Waals surface area contributed by atoms with Crippen LogP contribution in [-0.2, 0) is 17.8 Å². The summed E-state index contributed by atoms with van der Waals surface area (Å²) in [5.41, 5.74) is 0.577. The molecule has 0 aliphatic heterocycles. The first-order chi connectivity index (χ1) is 17.4. The Morgan fingerprint density at radius 3 is 2.53 bits per heavy atom. The molecule has 1 saturated carbocycles. The zero-order chi connectivity index (χ0) is 25.3. The number of pyridine rings is 1. The van der Waals surface area contributed by atoms with Gasteiger partial charge in [0, 0.05) is 30.8 Å². The van der Waals surface area contributed by atoms with Crippen LogP contribution in [-0.4, -0.2) is 32.8 Å². The van der Waals surface area contributed by atoms with Crippen LogP contribution in [0.5, 0.6) is 5.75 Å². The van der Waals surface area contributed by atoms with E-state index in [0.29, 0.717) is 22.8 Å². The highest BCUT2D eigenvalue weighted by atomic mass is 19.3. The molecule has 2 heterocycles. The molecule has 0 radical (unpaired) electrons. The molecule has 184 valence electrons. The summed E-state index contributed by atoms with van der Waals surface area (Å²) in [6.45, 7) is 0. The fraction of sp³-hybridized carbons (Fsp3) is 0.231. The predicted octanol–water partition coefficient (Wildman–Crippen LogP) is 5.12. The summed E-state index contributed by atoms with van der Waals surface area (Å²) >= 11 is 0. The molecule has 1 aliphatic carbocycles. The van der Waals surface area contributed by atoms with E-state index in [1.54, 1.807) is 54.5 Å². The van der Waals surface area contributed by atoms with Gasteiger partial charge in [0.25, 0.3) is 0 Å². The Morgan fingerprint density at radius 2 is 1.86 bits per heavy atom. The number of methoxy groups -OCH3 is 1. The van der Waals surface area contributed by atoms with Crippen molar-refractivity contribution >= 4 is 23.1 Å². The Hall–Kier alpha value is -4.34. The van der Waals surface area contributed by atoms with Crippen molar-refractivity contribution in [2.75, 3.05) is 17.7 Å². The van der Waals surface area contributed by atoms with E-state index in [2.05, 4.69) is 25.7 Å². The molecule has 1 aliphatic rings. The third-order valence-corrected chi connectivity index (χ3v) is 5.91. The van der Waals surface area contributed by atoms with Crippen LogP contribution in [0, 0.1) is 5.92 Å². The van der Waals surface area contributed by atoms with Crippen molar-refractivity contribution in [3.8, 4) is 17.1 Å². The van der Waals surface area contributed by atoms with Crippen molar-refractivity contribution in [3.05, 3.63) is 78.2 Å². The average Bonchev–Trinajstić information content (AvgIpc) is 3.65. The summed E-state index contributed by atoms with van der Waals surface area (Å²) in [4.78, 5) is 20.7. The number of rotatable bonds is 8. The average molecular weight is 491 g/mol. The van der Waals surface area contributed by atoms with Crippen molar-refractivity contribution < 1.29 is 18.3 Å². The first-order valence-electron chi connectivity index (χ1n) is 11.4. The van der Waals surface area contributed by atoms with Gasteiger partial charge in [-0.05, 0) is 25.0 Å². The number of hydrogen-bond donors (Lipinski definition) is 2. The van der Waals surface area contributed by atoms with Crippen LogP contribution in [0.2, 0.25) is 0 Å². The number of nitrogens with one attached hydrogen (secondary N) is 2. The minimum atomic E-state index is -3.36.